The minimum Gasteiger partial charge on any atom is -0.316 e. The highest BCUT2D eigenvalue weighted by Crippen LogP contribution is 2.53. The summed E-state index contributed by atoms with van der Waals surface area (Å²) < 4.78 is 0. The van der Waals surface area contributed by atoms with E-state index < -0.39 is 0 Å². The lowest BCUT2D eigenvalue weighted by atomic mass is 9.97. The molecule has 0 amide bonds. The van der Waals surface area contributed by atoms with Crippen LogP contribution in [0, 0.1) is 5.92 Å². The lowest BCUT2D eigenvalue weighted by Gasteiger charge is -2.11. The molecule has 2 rings (SSSR count). The molecule has 1 aliphatic rings. The molecular weight excluding hydrogens is 184 g/mol. The number of nitrogens with one attached hydrogen (secondary N) is 1. The van der Waals surface area contributed by atoms with Gasteiger partial charge in [-0.05, 0) is 48.9 Å². The summed E-state index contributed by atoms with van der Waals surface area (Å²) in [5.74, 6) is 0.799. The molecule has 1 heterocycles. The van der Waals surface area contributed by atoms with Crippen LogP contribution >= 0.6 is 0 Å². The first-order valence-corrected chi connectivity index (χ1v) is 5.88. The van der Waals surface area contributed by atoms with Crippen LogP contribution in [0.25, 0.3) is 0 Å². The van der Waals surface area contributed by atoms with Crippen LogP contribution in [-0.4, -0.2) is 18.1 Å². The van der Waals surface area contributed by atoms with Crippen molar-refractivity contribution in [3.63, 3.8) is 0 Å². The summed E-state index contributed by atoms with van der Waals surface area (Å²) in [4.78, 5) is 4.20. The third kappa shape index (κ3) is 2.20. The Labute approximate surface area is 92.1 Å². The summed E-state index contributed by atoms with van der Waals surface area (Å²) in [6.07, 6.45) is 6.38. The van der Waals surface area contributed by atoms with Crippen molar-refractivity contribution in [2.45, 2.75) is 32.1 Å². The summed E-state index contributed by atoms with van der Waals surface area (Å²) in [5.41, 5.74) is 1.78. The second-order valence-corrected chi connectivity index (χ2v) is 4.76. The second-order valence-electron chi connectivity index (χ2n) is 4.76. The Hall–Kier alpha value is -0.890. The zero-order valence-corrected chi connectivity index (χ0v) is 9.66. The monoisotopic (exact) mass is 204 g/mol. The summed E-state index contributed by atoms with van der Waals surface area (Å²) in [6, 6.07) is 4.24. The SMILES string of the molecule is CCCNCC1CC1(C)c1cccnc1. The lowest BCUT2D eigenvalue weighted by Crippen LogP contribution is -2.20. The van der Waals surface area contributed by atoms with E-state index >= 15 is 0 Å². The molecule has 0 saturated heterocycles. The van der Waals surface area contributed by atoms with Gasteiger partial charge in [0.05, 0.1) is 0 Å². The van der Waals surface area contributed by atoms with E-state index in [2.05, 4.69) is 30.2 Å². The van der Waals surface area contributed by atoms with Gasteiger partial charge in [-0.2, -0.15) is 0 Å². The summed E-state index contributed by atoms with van der Waals surface area (Å²) in [7, 11) is 0. The maximum Gasteiger partial charge on any atom is 0.0305 e. The average molecular weight is 204 g/mol. The molecule has 1 aliphatic carbocycles. The van der Waals surface area contributed by atoms with Crippen molar-refractivity contribution < 1.29 is 0 Å². The van der Waals surface area contributed by atoms with Crippen LogP contribution in [0.1, 0.15) is 32.3 Å². The van der Waals surface area contributed by atoms with Gasteiger partial charge in [0.2, 0.25) is 0 Å². The van der Waals surface area contributed by atoms with Crippen LogP contribution in [-0.2, 0) is 5.41 Å². The maximum atomic E-state index is 4.20. The van der Waals surface area contributed by atoms with E-state index in [1.807, 2.05) is 18.5 Å². The molecule has 0 aromatic carbocycles. The zero-order chi connectivity index (χ0) is 10.7. The van der Waals surface area contributed by atoms with E-state index in [1.165, 1.54) is 18.4 Å². The minimum absolute atomic E-state index is 0.384. The van der Waals surface area contributed by atoms with Crippen LogP contribution in [0.4, 0.5) is 0 Å². The molecule has 1 saturated carbocycles. The molecule has 0 aliphatic heterocycles. The molecule has 2 atom stereocenters. The van der Waals surface area contributed by atoms with Gasteiger partial charge < -0.3 is 5.32 Å². The van der Waals surface area contributed by atoms with Crippen LogP contribution in [0.3, 0.4) is 0 Å². The molecule has 2 nitrogen and oxygen atoms in total. The smallest absolute Gasteiger partial charge is 0.0305 e. The highest BCUT2D eigenvalue weighted by atomic mass is 14.9. The third-order valence-electron chi connectivity index (χ3n) is 3.55. The number of nitrogens with zero attached hydrogens (tertiary/aromatic N) is 1. The molecule has 0 spiro atoms. The standard InChI is InChI=1S/C13H20N2/c1-3-6-14-10-12-8-13(12,2)11-5-4-7-15-9-11/h4-5,7,9,12,14H,3,6,8,10H2,1-2H3. The van der Waals surface area contributed by atoms with Crippen molar-refractivity contribution in [1.82, 2.24) is 10.3 Å². The van der Waals surface area contributed by atoms with Crippen LogP contribution in [0.15, 0.2) is 24.5 Å². The van der Waals surface area contributed by atoms with Crippen LogP contribution < -0.4 is 5.32 Å². The second kappa shape index (κ2) is 4.31. The molecule has 1 N–H and O–H groups in total. The number of aromatic nitrogens is 1. The fourth-order valence-electron chi connectivity index (χ4n) is 2.26. The fourth-order valence-corrected chi connectivity index (χ4v) is 2.26. The first-order valence-electron chi connectivity index (χ1n) is 5.88. The van der Waals surface area contributed by atoms with Gasteiger partial charge in [0, 0.05) is 12.4 Å². The van der Waals surface area contributed by atoms with Gasteiger partial charge >= 0.3 is 0 Å². The van der Waals surface area contributed by atoms with Crippen molar-refractivity contribution in [2.75, 3.05) is 13.1 Å². The topological polar surface area (TPSA) is 24.9 Å². The maximum absolute atomic E-state index is 4.20. The van der Waals surface area contributed by atoms with Gasteiger partial charge in [-0.25, -0.2) is 0 Å². The predicted molar refractivity (Wildman–Crippen MR) is 62.9 cm³/mol. The number of pyridine rings is 1. The van der Waals surface area contributed by atoms with Gasteiger partial charge in [-0.1, -0.05) is 19.9 Å². The summed E-state index contributed by atoms with van der Waals surface area (Å²) in [5, 5.41) is 3.50. The van der Waals surface area contributed by atoms with Gasteiger partial charge in [0.15, 0.2) is 0 Å². The van der Waals surface area contributed by atoms with Gasteiger partial charge in [-0.3, -0.25) is 4.98 Å². The number of hydrogen-bond acceptors (Lipinski definition) is 2. The number of hydrogen-bond donors (Lipinski definition) is 1. The Bertz CT molecular complexity index is 310. The Morgan fingerprint density at radius 1 is 1.60 bits per heavy atom. The summed E-state index contributed by atoms with van der Waals surface area (Å²) in [6.45, 7) is 6.85. The highest BCUT2D eigenvalue weighted by molar-refractivity contribution is 5.30. The molecular formula is C13H20N2. The molecule has 1 fully saturated rings. The molecule has 82 valence electrons. The van der Waals surface area contributed by atoms with E-state index in [9.17, 15) is 0 Å². The lowest BCUT2D eigenvalue weighted by molar-refractivity contribution is 0.574. The molecule has 0 bridgehead atoms. The van der Waals surface area contributed by atoms with Crippen molar-refractivity contribution in [3.05, 3.63) is 30.1 Å². The molecule has 2 unspecified atom stereocenters. The number of rotatable bonds is 5. The Kier molecular flexibility index (Phi) is 3.06. The van der Waals surface area contributed by atoms with Crippen molar-refractivity contribution in [3.8, 4) is 0 Å². The largest absolute Gasteiger partial charge is 0.316 e. The van der Waals surface area contributed by atoms with E-state index in [1.54, 1.807) is 0 Å². The van der Waals surface area contributed by atoms with Gasteiger partial charge in [-0.15, -0.1) is 0 Å². The van der Waals surface area contributed by atoms with E-state index in [0.29, 0.717) is 5.41 Å². The van der Waals surface area contributed by atoms with Crippen molar-refractivity contribution in [2.24, 2.45) is 5.92 Å². The molecule has 2 heteroatoms. The van der Waals surface area contributed by atoms with Gasteiger partial charge in [0.25, 0.3) is 0 Å². The van der Waals surface area contributed by atoms with Crippen molar-refractivity contribution in [1.29, 1.82) is 0 Å². The molecule has 0 radical (unpaired) electrons. The Morgan fingerprint density at radius 2 is 2.47 bits per heavy atom. The van der Waals surface area contributed by atoms with Crippen LogP contribution in [0.2, 0.25) is 0 Å². The third-order valence-corrected chi connectivity index (χ3v) is 3.55. The summed E-state index contributed by atoms with van der Waals surface area (Å²) >= 11 is 0. The van der Waals surface area contributed by atoms with E-state index in [0.717, 1.165) is 19.0 Å². The molecule has 1 aromatic heterocycles. The predicted octanol–water partition coefficient (Wildman–Crippen LogP) is 2.36. The first kappa shape index (κ1) is 10.6. The van der Waals surface area contributed by atoms with E-state index in [-0.39, 0.29) is 0 Å². The molecule has 1 aromatic rings. The van der Waals surface area contributed by atoms with Crippen molar-refractivity contribution >= 4 is 0 Å². The van der Waals surface area contributed by atoms with Gasteiger partial charge in [0.1, 0.15) is 0 Å². The normalized spacial score (nSPS) is 29.1. The highest BCUT2D eigenvalue weighted by Gasteiger charge is 2.50. The quantitative estimate of drug-likeness (QED) is 0.745. The fraction of sp³-hybridized carbons (Fsp3) is 0.615. The van der Waals surface area contributed by atoms with E-state index in [4.69, 9.17) is 0 Å². The van der Waals surface area contributed by atoms with Crippen LogP contribution in [0.5, 0.6) is 0 Å². The minimum atomic E-state index is 0.384. The Morgan fingerprint density at radius 3 is 3.13 bits per heavy atom. The Balaban J connectivity index is 1.90. The average Bonchev–Trinajstić information content (AvgIpc) is 2.93. The molecule has 15 heavy (non-hydrogen) atoms. The first-order chi connectivity index (χ1) is 7.27. The zero-order valence-electron chi connectivity index (χ0n) is 9.66.